The average molecular weight is 317 g/mol. The van der Waals surface area contributed by atoms with Gasteiger partial charge in [-0.25, -0.2) is 0 Å². The second kappa shape index (κ2) is 5.49. The third-order valence-electron chi connectivity index (χ3n) is 2.89. The fourth-order valence-electron chi connectivity index (χ4n) is 2.04. The van der Waals surface area contributed by atoms with Crippen LogP contribution in [-0.4, -0.2) is 19.3 Å². The Morgan fingerprint density at radius 2 is 1.78 bits per heavy atom. The Kier molecular flexibility index (Phi) is 4.67. The lowest BCUT2D eigenvalue weighted by atomic mass is 9.87. The maximum Gasteiger partial charge on any atom is 0.175 e. The van der Waals surface area contributed by atoms with Gasteiger partial charge in [0.05, 0.1) is 24.3 Å². The van der Waals surface area contributed by atoms with Crippen LogP contribution in [0.4, 0.5) is 0 Å². The van der Waals surface area contributed by atoms with E-state index in [0.717, 1.165) is 15.6 Å². The first-order chi connectivity index (χ1) is 8.23. The summed E-state index contributed by atoms with van der Waals surface area (Å²) in [4.78, 5) is 0. The first kappa shape index (κ1) is 15.3. The van der Waals surface area contributed by atoms with Crippen molar-refractivity contribution in [1.29, 1.82) is 0 Å². The lowest BCUT2D eigenvalue weighted by Crippen LogP contribution is -2.19. The zero-order valence-electron chi connectivity index (χ0n) is 11.8. The summed E-state index contributed by atoms with van der Waals surface area (Å²) in [6.07, 6.45) is 0. The number of ether oxygens (including phenoxy) is 2. The second-order valence-corrected chi connectivity index (χ2v) is 5.89. The van der Waals surface area contributed by atoms with E-state index in [4.69, 9.17) is 9.47 Å². The highest BCUT2D eigenvalue weighted by atomic mass is 79.9. The molecule has 3 nitrogen and oxygen atoms in total. The molecule has 0 fully saturated rings. The highest BCUT2D eigenvalue weighted by Crippen LogP contribution is 2.45. The third kappa shape index (κ3) is 2.81. The molecular formula is C14H21BrO3. The van der Waals surface area contributed by atoms with Crippen LogP contribution in [-0.2, 0) is 5.60 Å². The molecule has 0 saturated carbocycles. The average Bonchev–Trinajstić information content (AvgIpc) is 2.25. The highest BCUT2D eigenvalue weighted by Gasteiger charge is 2.27. The summed E-state index contributed by atoms with van der Waals surface area (Å²) in [5.41, 5.74) is 0.962. The van der Waals surface area contributed by atoms with Crippen LogP contribution >= 0.6 is 15.9 Å². The lowest BCUT2D eigenvalue weighted by Gasteiger charge is -2.27. The van der Waals surface area contributed by atoms with Gasteiger partial charge in [0, 0.05) is 0 Å². The normalized spacial score (nSPS) is 11.8. The van der Waals surface area contributed by atoms with Crippen LogP contribution in [0.5, 0.6) is 11.5 Å². The Labute approximate surface area is 117 Å². The largest absolute Gasteiger partial charge is 0.493 e. The Morgan fingerprint density at radius 3 is 2.11 bits per heavy atom. The van der Waals surface area contributed by atoms with Crippen molar-refractivity contribution in [2.24, 2.45) is 0 Å². The fourth-order valence-corrected chi connectivity index (χ4v) is 3.06. The maximum atomic E-state index is 10.3. The van der Waals surface area contributed by atoms with E-state index in [1.54, 1.807) is 28.1 Å². The van der Waals surface area contributed by atoms with Gasteiger partial charge in [-0.05, 0) is 52.9 Å². The molecule has 1 aromatic carbocycles. The quantitative estimate of drug-likeness (QED) is 0.917. The number of methoxy groups -OCH3 is 2. The van der Waals surface area contributed by atoms with Crippen LogP contribution in [0.1, 0.15) is 44.7 Å². The number of aliphatic hydroxyl groups is 1. The van der Waals surface area contributed by atoms with Crippen molar-refractivity contribution in [3.63, 3.8) is 0 Å². The molecule has 1 N–H and O–H groups in total. The molecule has 0 aliphatic heterocycles. The van der Waals surface area contributed by atoms with Crippen molar-refractivity contribution >= 4 is 15.9 Å². The van der Waals surface area contributed by atoms with Gasteiger partial charge in [0.1, 0.15) is 0 Å². The minimum Gasteiger partial charge on any atom is -0.493 e. The van der Waals surface area contributed by atoms with E-state index in [9.17, 15) is 5.11 Å². The topological polar surface area (TPSA) is 38.7 Å². The molecule has 0 bridgehead atoms. The smallest absolute Gasteiger partial charge is 0.175 e. The number of hydrogen-bond donors (Lipinski definition) is 1. The van der Waals surface area contributed by atoms with Crippen molar-refractivity contribution in [2.45, 2.75) is 39.2 Å². The number of hydrogen-bond acceptors (Lipinski definition) is 3. The molecule has 4 heteroatoms. The molecule has 0 heterocycles. The zero-order valence-corrected chi connectivity index (χ0v) is 13.4. The van der Waals surface area contributed by atoms with E-state index in [-0.39, 0.29) is 5.92 Å². The lowest BCUT2D eigenvalue weighted by molar-refractivity contribution is 0.0768. The van der Waals surface area contributed by atoms with Crippen LogP contribution in [0.25, 0.3) is 0 Å². The van der Waals surface area contributed by atoms with Crippen molar-refractivity contribution in [1.82, 2.24) is 0 Å². The molecule has 102 valence electrons. The number of halogens is 1. The van der Waals surface area contributed by atoms with Gasteiger partial charge >= 0.3 is 0 Å². The van der Waals surface area contributed by atoms with E-state index < -0.39 is 5.60 Å². The molecule has 0 atom stereocenters. The van der Waals surface area contributed by atoms with Crippen molar-refractivity contribution in [3.05, 3.63) is 21.7 Å². The van der Waals surface area contributed by atoms with Crippen molar-refractivity contribution in [3.8, 4) is 11.5 Å². The molecule has 1 aromatic rings. The van der Waals surface area contributed by atoms with E-state index >= 15 is 0 Å². The molecule has 0 amide bonds. The summed E-state index contributed by atoms with van der Waals surface area (Å²) < 4.78 is 11.5. The molecule has 0 saturated heterocycles. The minimum atomic E-state index is -0.929. The van der Waals surface area contributed by atoms with Crippen LogP contribution in [0, 0.1) is 0 Å². The van der Waals surface area contributed by atoms with Gasteiger partial charge in [0.25, 0.3) is 0 Å². The van der Waals surface area contributed by atoms with Crippen LogP contribution in [0.15, 0.2) is 10.5 Å². The van der Waals surface area contributed by atoms with Gasteiger partial charge in [-0.1, -0.05) is 13.8 Å². The second-order valence-electron chi connectivity index (χ2n) is 5.10. The first-order valence-electron chi connectivity index (χ1n) is 5.91. The SMILES string of the molecule is COc1cc(C(C)(C)O)c(C(C)C)c(Br)c1OC. The first-order valence-corrected chi connectivity index (χ1v) is 6.70. The molecule has 0 aromatic heterocycles. The molecule has 0 radical (unpaired) electrons. The molecule has 0 unspecified atom stereocenters. The van der Waals surface area contributed by atoms with Crippen molar-refractivity contribution < 1.29 is 14.6 Å². The van der Waals surface area contributed by atoms with E-state index in [2.05, 4.69) is 29.8 Å². The molecule has 0 aliphatic rings. The fraction of sp³-hybridized carbons (Fsp3) is 0.571. The predicted molar refractivity (Wildman–Crippen MR) is 76.6 cm³/mol. The number of rotatable bonds is 4. The summed E-state index contributed by atoms with van der Waals surface area (Å²) in [5, 5.41) is 10.3. The summed E-state index contributed by atoms with van der Waals surface area (Å²) in [6.45, 7) is 7.71. The van der Waals surface area contributed by atoms with E-state index in [1.807, 2.05) is 6.07 Å². The van der Waals surface area contributed by atoms with Gasteiger partial charge in [-0.2, -0.15) is 0 Å². The third-order valence-corrected chi connectivity index (χ3v) is 3.67. The summed E-state index contributed by atoms with van der Waals surface area (Å²) in [5.74, 6) is 1.54. The number of benzene rings is 1. The van der Waals surface area contributed by atoms with Gasteiger partial charge in [-0.3, -0.25) is 0 Å². The van der Waals surface area contributed by atoms with Gasteiger partial charge in [0.2, 0.25) is 0 Å². The van der Waals surface area contributed by atoms with Crippen LogP contribution in [0.3, 0.4) is 0 Å². The molecule has 1 rings (SSSR count). The molecule has 0 spiro atoms. The Morgan fingerprint density at radius 1 is 1.22 bits per heavy atom. The summed E-state index contributed by atoms with van der Waals surface area (Å²) >= 11 is 3.56. The summed E-state index contributed by atoms with van der Waals surface area (Å²) in [7, 11) is 3.20. The Bertz CT molecular complexity index is 434. The van der Waals surface area contributed by atoms with E-state index in [1.165, 1.54) is 0 Å². The maximum absolute atomic E-state index is 10.3. The van der Waals surface area contributed by atoms with Crippen LogP contribution < -0.4 is 9.47 Å². The Hall–Kier alpha value is -0.740. The highest BCUT2D eigenvalue weighted by molar-refractivity contribution is 9.10. The minimum absolute atomic E-state index is 0.264. The van der Waals surface area contributed by atoms with Gasteiger partial charge < -0.3 is 14.6 Å². The van der Waals surface area contributed by atoms with Crippen LogP contribution in [0.2, 0.25) is 0 Å². The monoisotopic (exact) mass is 316 g/mol. The molecule has 18 heavy (non-hydrogen) atoms. The van der Waals surface area contributed by atoms with Crippen molar-refractivity contribution in [2.75, 3.05) is 14.2 Å². The summed E-state index contributed by atoms with van der Waals surface area (Å²) in [6, 6.07) is 1.85. The van der Waals surface area contributed by atoms with Gasteiger partial charge in [-0.15, -0.1) is 0 Å². The van der Waals surface area contributed by atoms with E-state index in [0.29, 0.717) is 11.5 Å². The standard InChI is InChI=1S/C14H21BrO3/c1-8(2)11-9(14(3,4)16)7-10(17-5)13(18-6)12(11)15/h7-8,16H,1-6H3. The predicted octanol–water partition coefficient (Wildman–Crippen LogP) is 3.82. The van der Waals surface area contributed by atoms with Gasteiger partial charge in [0.15, 0.2) is 11.5 Å². The zero-order chi connectivity index (χ0) is 14.1. The Balaban J connectivity index is 3.66. The molecule has 0 aliphatic carbocycles. The molecular weight excluding hydrogens is 296 g/mol.